The predicted octanol–water partition coefficient (Wildman–Crippen LogP) is 5.25. The SMILES string of the molecule is C/C(=C1/N=CC=C(NCCc2ccccn2)N1C)c1ccccc1Oc1ccccc1. The highest BCUT2D eigenvalue weighted by molar-refractivity contribution is 5.79. The second kappa shape index (κ2) is 9.76. The van der Waals surface area contributed by atoms with Crippen molar-refractivity contribution in [3.8, 4) is 11.5 Å². The molecule has 0 saturated carbocycles. The number of aromatic nitrogens is 1. The third kappa shape index (κ3) is 5.01. The topological polar surface area (TPSA) is 49.8 Å². The summed E-state index contributed by atoms with van der Waals surface area (Å²) in [6.07, 6.45) is 6.51. The molecule has 5 heteroatoms. The van der Waals surface area contributed by atoms with Crippen LogP contribution in [0.5, 0.6) is 11.5 Å². The second-order valence-corrected chi connectivity index (χ2v) is 7.25. The van der Waals surface area contributed by atoms with Crippen LogP contribution in [0.4, 0.5) is 0 Å². The van der Waals surface area contributed by atoms with Gasteiger partial charge in [-0.1, -0.05) is 42.5 Å². The number of nitrogens with zero attached hydrogens (tertiary/aromatic N) is 3. The van der Waals surface area contributed by atoms with Crippen molar-refractivity contribution in [2.75, 3.05) is 13.6 Å². The smallest absolute Gasteiger partial charge is 0.137 e. The van der Waals surface area contributed by atoms with E-state index in [1.165, 1.54) is 0 Å². The fourth-order valence-electron chi connectivity index (χ4n) is 3.48. The van der Waals surface area contributed by atoms with Gasteiger partial charge in [0.1, 0.15) is 23.1 Å². The third-order valence-corrected chi connectivity index (χ3v) is 5.12. The number of hydrogen-bond acceptors (Lipinski definition) is 5. The maximum atomic E-state index is 6.16. The van der Waals surface area contributed by atoms with Crippen molar-refractivity contribution in [1.29, 1.82) is 0 Å². The lowest BCUT2D eigenvalue weighted by molar-refractivity contribution is 0.460. The molecule has 0 amide bonds. The Bertz CT molecular complexity index is 1100. The molecule has 2 aromatic carbocycles. The zero-order chi connectivity index (χ0) is 21.5. The molecule has 156 valence electrons. The maximum absolute atomic E-state index is 6.16. The van der Waals surface area contributed by atoms with Gasteiger partial charge in [-0.25, -0.2) is 4.99 Å². The number of rotatable bonds is 7. The Morgan fingerprint density at radius 1 is 0.968 bits per heavy atom. The molecule has 4 rings (SSSR count). The molecule has 1 aromatic heterocycles. The lowest BCUT2D eigenvalue weighted by Gasteiger charge is -2.28. The number of aliphatic imine (C=N–C) groups is 1. The van der Waals surface area contributed by atoms with E-state index in [4.69, 9.17) is 4.74 Å². The number of allylic oxidation sites excluding steroid dienone is 2. The first-order valence-electron chi connectivity index (χ1n) is 10.4. The molecule has 0 atom stereocenters. The summed E-state index contributed by atoms with van der Waals surface area (Å²) in [6, 6.07) is 23.9. The van der Waals surface area contributed by atoms with Crippen LogP contribution in [0.15, 0.2) is 102 Å². The fraction of sp³-hybridized carbons (Fsp3) is 0.154. The molecule has 1 aliphatic heterocycles. The Morgan fingerprint density at radius 2 is 1.74 bits per heavy atom. The summed E-state index contributed by atoms with van der Waals surface area (Å²) in [5.74, 6) is 3.50. The zero-order valence-corrected chi connectivity index (χ0v) is 17.8. The Morgan fingerprint density at radius 3 is 2.55 bits per heavy atom. The van der Waals surface area contributed by atoms with Crippen LogP contribution < -0.4 is 10.1 Å². The highest BCUT2D eigenvalue weighted by Crippen LogP contribution is 2.33. The molecule has 5 nitrogen and oxygen atoms in total. The number of nitrogens with one attached hydrogen (secondary N) is 1. The van der Waals surface area contributed by atoms with E-state index in [1.54, 1.807) is 0 Å². The summed E-state index contributed by atoms with van der Waals surface area (Å²) in [4.78, 5) is 11.1. The molecular weight excluding hydrogens is 384 g/mol. The summed E-state index contributed by atoms with van der Waals surface area (Å²) >= 11 is 0. The standard InChI is InChI=1S/C26H26N4O/c1-20(23-13-6-7-14-24(23)31-22-11-4-3-5-12-22)26-29-19-16-25(30(26)2)28-18-15-21-10-8-9-17-27-21/h3-14,16-17,19,28H,15,18H2,1-2H3/b26-20+. The van der Waals surface area contributed by atoms with Gasteiger partial charge in [-0.3, -0.25) is 4.98 Å². The van der Waals surface area contributed by atoms with Crippen LogP contribution in [0.25, 0.3) is 5.57 Å². The van der Waals surface area contributed by atoms with Crippen LogP contribution in [0, 0.1) is 0 Å². The molecule has 0 spiro atoms. The molecule has 0 fully saturated rings. The van der Waals surface area contributed by atoms with Gasteiger partial charge in [-0.2, -0.15) is 0 Å². The van der Waals surface area contributed by atoms with Crippen LogP contribution in [-0.4, -0.2) is 29.7 Å². The van der Waals surface area contributed by atoms with Crippen molar-refractivity contribution in [3.63, 3.8) is 0 Å². The maximum Gasteiger partial charge on any atom is 0.137 e. The average molecular weight is 411 g/mol. The van der Waals surface area contributed by atoms with Crippen molar-refractivity contribution in [3.05, 3.63) is 108 Å². The average Bonchev–Trinajstić information content (AvgIpc) is 2.81. The van der Waals surface area contributed by atoms with Gasteiger partial charge >= 0.3 is 0 Å². The first kappa shape index (κ1) is 20.4. The summed E-state index contributed by atoms with van der Waals surface area (Å²) in [5, 5.41) is 3.50. The summed E-state index contributed by atoms with van der Waals surface area (Å²) in [5.41, 5.74) is 3.13. The molecule has 0 unspecified atom stereocenters. The number of pyridine rings is 1. The minimum absolute atomic E-state index is 0.793. The summed E-state index contributed by atoms with van der Waals surface area (Å²) in [7, 11) is 2.02. The van der Waals surface area contributed by atoms with Crippen LogP contribution in [0.1, 0.15) is 18.2 Å². The van der Waals surface area contributed by atoms with Crippen molar-refractivity contribution >= 4 is 11.8 Å². The highest BCUT2D eigenvalue weighted by Gasteiger charge is 2.18. The second-order valence-electron chi connectivity index (χ2n) is 7.25. The van der Waals surface area contributed by atoms with Crippen molar-refractivity contribution in [2.45, 2.75) is 13.3 Å². The molecule has 1 N–H and O–H groups in total. The van der Waals surface area contributed by atoms with E-state index >= 15 is 0 Å². The zero-order valence-electron chi connectivity index (χ0n) is 17.8. The van der Waals surface area contributed by atoms with Gasteiger partial charge in [0, 0.05) is 49.3 Å². The minimum atomic E-state index is 0.793. The number of hydrogen-bond donors (Lipinski definition) is 1. The van der Waals surface area contributed by atoms with Gasteiger partial charge in [0.05, 0.1) is 0 Å². The highest BCUT2D eigenvalue weighted by atomic mass is 16.5. The van der Waals surface area contributed by atoms with Crippen molar-refractivity contribution in [1.82, 2.24) is 15.2 Å². The molecule has 1 aliphatic rings. The minimum Gasteiger partial charge on any atom is -0.457 e. The van der Waals surface area contributed by atoms with Crippen LogP contribution in [0.3, 0.4) is 0 Å². The lowest BCUT2D eigenvalue weighted by Crippen LogP contribution is -2.31. The predicted molar refractivity (Wildman–Crippen MR) is 126 cm³/mol. The largest absolute Gasteiger partial charge is 0.457 e. The van der Waals surface area contributed by atoms with E-state index in [-0.39, 0.29) is 0 Å². The Hall–Kier alpha value is -3.86. The fourth-order valence-corrected chi connectivity index (χ4v) is 3.48. The van der Waals surface area contributed by atoms with Gasteiger partial charge < -0.3 is 15.0 Å². The first-order chi connectivity index (χ1) is 15.2. The number of benzene rings is 2. The van der Waals surface area contributed by atoms with Crippen LogP contribution >= 0.6 is 0 Å². The quantitative estimate of drug-likeness (QED) is 0.578. The van der Waals surface area contributed by atoms with Gasteiger partial charge in [0.15, 0.2) is 0 Å². The van der Waals surface area contributed by atoms with Crippen molar-refractivity contribution in [2.24, 2.45) is 4.99 Å². The molecule has 0 saturated heterocycles. The molecule has 31 heavy (non-hydrogen) atoms. The Balaban J connectivity index is 1.51. The van der Waals surface area contributed by atoms with E-state index < -0.39 is 0 Å². The Kier molecular flexibility index (Phi) is 6.43. The van der Waals surface area contributed by atoms with Crippen LogP contribution in [0.2, 0.25) is 0 Å². The Labute approximate surface area is 183 Å². The molecule has 3 aromatic rings. The third-order valence-electron chi connectivity index (χ3n) is 5.12. The molecular formula is C26H26N4O. The molecule has 0 aliphatic carbocycles. The van der Waals surface area contributed by atoms with Crippen LogP contribution in [-0.2, 0) is 6.42 Å². The van der Waals surface area contributed by atoms with E-state index in [1.807, 2.05) is 92.3 Å². The normalized spacial score (nSPS) is 14.8. The van der Waals surface area contributed by atoms with E-state index in [0.717, 1.165) is 52.9 Å². The van der Waals surface area contributed by atoms with Gasteiger partial charge in [-0.05, 0) is 43.3 Å². The van der Waals surface area contributed by atoms with E-state index in [0.29, 0.717) is 0 Å². The molecule has 0 radical (unpaired) electrons. The summed E-state index contributed by atoms with van der Waals surface area (Å²) < 4.78 is 6.16. The molecule has 2 heterocycles. The monoisotopic (exact) mass is 410 g/mol. The van der Waals surface area contributed by atoms with Gasteiger partial charge in [0.25, 0.3) is 0 Å². The van der Waals surface area contributed by atoms with Crippen molar-refractivity contribution < 1.29 is 4.74 Å². The number of ether oxygens (including phenoxy) is 1. The molecule has 0 bridgehead atoms. The van der Waals surface area contributed by atoms with E-state index in [9.17, 15) is 0 Å². The summed E-state index contributed by atoms with van der Waals surface area (Å²) in [6.45, 7) is 2.87. The van der Waals surface area contributed by atoms with Gasteiger partial charge in [0.2, 0.25) is 0 Å². The lowest BCUT2D eigenvalue weighted by atomic mass is 10.1. The van der Waals surface area contributed by atoms with Gasteiger partial charge in [-0.15, -0.1) is 0 Å². The van der Waals surface area contributed by atoms with E-state index in [2.05, 4.69) is 33.2 Å². The number of para-hydroxylation sites is 2. The first-order valence-corrected chi connectivity index (χ1v) is 10.4.